The lowest BCUT2D eigenvalue weighted by Crippen LogP contribution is -2.11. The van der Waals surface area contributed by atoms with Gasteiger partial charge in [0, 0.05) is 6.08 Å². The Labute approximate surface area is 87.4 Å². The molecule has 1 aromatic rings. The normalized spacial score (nSPS) is 20.1. The first-order valence-electron chi connectivity index (χ1n) is 4.78. The molecule has 78 valence electrons. The van der Waals surface area contributed by atoms with Crippen LogP contribution in [-0.2, 0) is 9.53 Å². The molecule has 1 aliphatic rings. The van der Waals surface area contributed by atoms with E-state index in [-0.39, 0.29) is 17.7 Å². The van der Waals surface area contributed by atoms with Gasteiger partial charge >= 0.3 is 0 Å². The van der Waals surface area contributed by atoms with Gasteiger partial charge in [-0.2, -0.15) is 0 Å². The van der Waals surface area contributed by atoms with Crippen LogP contribution >= 0.6 is 0 Å². The maximum absolute atomic E-state index is 13.0. The molecule has 0 aliphatic carbocycles. The smallest absolute Gasteiger partial charge is 0.162 e. The number of allylic oxidation sites excluding steroid dienone is 1. The van der Waals surface area contributed by atoms with Crippen molar-refractivity contribution < 1.29 is 13.9 Å². The van der Waals surface area contributed by atoms with Crippen LogP contribution in [0.25, 0.3) is 0 Å². The molecule has 1 aliphatic heterocycles. The number of carbonyl (C=O) groups is 1. The maximum atomic E-state index is 13.0. The topological polar surface area (TPSA) is 26.3 Å². The fourth-order valence-electron chi connectivity index (χ4n) is 1.57. The highest BCUT2D eigenvalue weighted by atomic mass is 19.1. The third-order valence-electron chi connectivity index (χ3n) is 2.44. The summed E-state index contributed by atoms with van der Waals surface area (Å²) in [7, 11) is 0. The summed E-state index contributed by atoms with van der Waals surface area (Å²) in [5.74, 6) is -0.204. The van der Waals surface area contributed by atoms with Crippen LogP contribution in [0.1, 0.15) is 23.7 Å². The Morgan fingerprint density at radius 1 is 1.47 bits per heavy atom. The van der Waals surface area contributed by atoms with E-state index in [9.17, 15) is 9.18 Å². The second-order valence-corrected chi connectivity index (χ2v) is 3.61. The number of hydrogen-bond acceptors (Lipinski definition) is 2. The van der Waals surface area contributed by atoms with Crippen molar-refractivity contribution in [3.63, 3.8) is 0 Å². The molecule has 1 aromatic carbocycles. The lowest BCUT2D eigenvalue weighted by Gasteiger charge is -2.19. The van der Waals surface area contributed by atoms with Gasteiger partial charge in [0.15, 0.2) is 5.78 Å². The summed E-state index contributed by atoms with van der Waals surface area (Å²) in [6, 6.07) is 4.77. The van der Waals surface area contributed by atoms with Crippen LogP contribution in [0.2, 0.25) is 0 Å². The van der Waals surface area contributed by atoms with Gasteiger partial charge < -0.3 is 4.74 Å². The molecular weight excluding hydrogens is 195 g/mol. The van der Waals surface area contributed by atoms with Crippen molar-refractivity contribution in [2.24, 2.45) is 0 Å². The highest BCUT2D eigenvalue weighted by Crippen LogP contribution is 2.26. The van der Waals surface area contributed by atoms with Crippen LogP contribution in [0, 0.1) is 12.7 Å². The average molecular weight is 206 g/mol. The van der Waals surface area contributed by atoms with E-state index in [2.05, 4.69) is 0 Å². The zero-order valence-corrected chi connectivity index (χ0v) is 8.37. The molecule has 0 amide bonds. The van der Waals surface area contributed by atoms with E-state index < -0.39 is 0 Å². The Morgan fingerprint density at radius 2 is 2.27 bits per heavy atom. The van der Waals surface area contributed by atoms with E-state index in [1.165, 1.54) is 18.4 Å². The van der Waals surface area contributed by atoms with Gasteiger partial charge in [-0.15, -0.1) is 0 Å². The van der Waals surface area contributed by atoms with Crippen LogP contribution in [0.15, 0.2) is 30.5 Å². The molecule has 0 bridgehead atoms. The van der Waals surface area contributed by atoms with Crippen molar-refractivity contribution >= 4 is 5.78 Å². The quantitative estimate of drug-likeness (QED) is 0.706. The van der Waals surface area contributed by atoms with Crippen molar-refractivity contribution in [3.8, 4) is 0 Å². The first-order valence-corrected chi connectivity index (χ1v) is 4.78. The van der Waals surface area contributed by atoms with E-state index in [1.807, 2.05) is 0 Å². The Hall–Kier alpha value is -1.64. The summed E-state index contributed by atoms with van der Waals surface area (Å²) >= 11 is 0. The Balaban J connectivity index is 2.26. The number of rotatable bonds is 1. The number of benzene rings is 1. The van der Waals surface area contributed by atoms with Crippen LogP contribution in [0.3, 0.4) is 0 Å². The molecule has 0 fully saturated rings. The monoisotopic (exact) mass is 206 g/mol. The molecule has 2 rings (SSSR count). The van der Waals surface area contributed by atoms with Crippen molar-refractivity contribution in [1.82, 2.24) is 0 Å². The number of halogens is 1. The number of hydrogen-bond donors (Lipinski definition) is 0. The molecule has 3 heteroatoms. The first-order chi connectivity index (χ1) is 7.16. The van der Waals surface area contributed by atoms with Gasteiger partial charge in [-0.05, 0) is 30.2 Å². The zero-order valence-electron chi connectivity index (χ0n) is 8.37. The summed E-state index contributed by atoms with van der Waals surface area (Å²) in [6.45, 7) is 1.69. The van der Waals surface area contributed by atoms with Crippen LogP contribution < -0.4 is 0 Å². The number of carbonyl (C=O) groups excluding carboxylic acids is 1. The van der Waals surface area contributed by atoms with E-state index in [0.717, 1.165) is 5.56 Å². The number of ketones is 1. The van der Waals surface area contributed by atoms with Gasteiger partial charge in [-0.25, -0.2) is 4.39 Å². The van der Waals surface area contributed by atoms with Crippen molar-refractivity contribution in [1.29, 1.82) is 0 Å². The van der Waals surface area contributed by atoms with Crippen LogP contribution in [-0.4, -0.2) is 5.78 Å². The largest absolute Gasteiger partial charge is 0.493 e. The summed E-state index contributed by atoms with van der Waals surface area (Å²) in [5, 5.41) is 0. The SMILES string of the molecule is Cc1cc(C2CC(=O)C=CO2)ccc1F. The zero-order chi connectivity index (χ0) is 10.8. The fraction of sp³-hybridized carbons (Fsp3) is 0.250. The number of aryl methyl sites for hydroxylation is 1. The molecule has 1 heterocycles. The van der Waals surface area contributed by atoms with Crippen molar-refractivity contribution in [3.05, 3.63) is 47.5 Å². The van der Waals surface area contributed by atoms with E-state index >= 15 is 0 Å². The highest BCUT2D eigenvalue weighted by Gasteiger charge is 2.19. The highest BCUT2D eigenvalue weighted by molar-refractivity contribution is 5.90. The summed E-state index contributed by atoms with van der Waals surface area (Å²) < 4.78 is 18.3. The van der Waals surface area contributed by atoms with Gasteiger partial charge in [0.05, 0.1) is 12.7 Å². The number of ether oxygens (including phenoxy) is 1. The molecule has 0 saturated carbocycles. The molecule has 0 saturated heterocycles. The van der Waals surface area contributed by atoms with Crippen molar-refractivity contribution in [2.45, 2.75) is 19.4 Å². The third-order valence-corrected chi connectivity index (χ3v) is 2.44. The molecule has 1 unspecified atom stereocenters. The third kappa shape index (κ3) is 2.06. The average Bonchev–Trinajstić information content (AvgIpc) is 2.22. The summed E-state index contributed by atoms with van der Waals surface area (Å²) in [5.41, 5.74) is 1.41. The van der Waals surface area contributed by atoms with E-state index in [0.29, 0.717) is 12.0 Å². The standard InChI is InChI=1S/C12H11FO2/c1-8-6-9(2-3-11(8)13)12-7-10(14)4-5-15-12/h2-6,12H,7H2,1H3. The lowest BCUT2D eigenvalue weighted by atomic mass is 10.0. The van der Waals surface area contributed by atoms with Crippen LogP contribution in [0.4, 0.5) is 4.39 Å². The van der Waals surface area contributed by atoms with E-state index in [4.69, 9.17) is 4.74 Å². The molecular formula is C12H11FO2. The predicted molar refractivity (Wildman–Crippen MR) is 53.7 cm³/mol. The Morgan fingerprint density at radius 3 is 2.93 bits per heavy atom. The maximum Gasteiger partial charge on any atom is 0.162 e. The summed E-state index contributed by atoms with van der Waals surface area (Å²) in [4.78, 5) is 11.2. The fourth-order valence-corrected chi connectivity index (χ4v) is 1.57. The minimum absolute atomic E-state index is 0.0354. The lowest BCUT2D eigenvalue weighted by molar-refractivity contribution is -0.118. The van der Waals surface area contributed by atoms with Gasteiger partial charge in [0.2, 0.25) is 0 Å². The van der Waals surface area contributed by atoms with E-state index in [1.54, 1.807) is 19.1 Å². The van der Waals surface area contributed by atoms with Gasteiger partial charge in [0.1, 0.15) is 11.9 Å². The molecule has 0 aromatic heterocycles. The van der Waals surface area contributed by atoms with Crippen molar-refractivity contribution in [2.75, 3.05) is 0 Å². The predicted octanol–water partition coefficient (Wildman–Crippen LogP) is 2.68. The van der Waals surface area contributed by atoms with Gasteiger partial charge in [0.25, 0.3) is 0 Å². The molecule has 1 atom stereocenters. The molecule has 0 spiro atoms. The molecule has 2 nitrogen and oxygen atoms in total. The summed E-state index contributed by atoms with van der Waals surface area (Å²) in [6.07, 6.45) is 2.85. The van der Waals surface area contributed by atoms with Gasteiger partial charge in [-0.1, -0.05) is 6.07 Å². The minimum Gasteiger partial charge on any atom is -0.493 e. The molecule has 0 radical (unpaired) electrons. The second kappa shape index (κ2) is 3.85. The Bertz CT molecular complexity index is 424. The van der Waals surface area contributed by atoms with Crippen LogP contribution in [0.5, 0.6) is 0 Å². The first kappa shape index (κ1) is 9.90. The second-order valence-electron chi connectivity index (χ2n) is 3.61. The Kier molecular flexibility index (Phi) is 2.54. The molecule has 15 heavy (non-hydrogen) atoms. The minimum atomic E-state index is -0.276. The van der Waals surface area contributed by atoms with Gasteiger partial charge in [-0.3, -0.25) is 4.79 Å². The molecule has 0 N–H and O–H groups in total.